The van der Waals surface area contributed by atoms with Gasteiger partial charge in [-0.15, -0.1) is 10.2 Å². The fourth-order valence-corrected chi connectivity index (χ4v) is 3.01. The van der Waals surface area contributed by atoms with Crippen molar-refractivity contribution >= 4 is 17.5 Å². The van der Waals surface area contributed by atoms with E-state index in [4.69, 9.17) is 9.47 Å². The Morgan fingerprint density at radius 3 is 2.16 bits per heavy atom. The molecule has 0 aliphatic heterocycles. The van der Waals surface area contributed by atoms with Gasteiger partial charge in [-0.2, -0.15) is 0 Å². The standard InChI is InChI=1S/C18H22N4O3/c1-24-13-8-5-9-14(25-2)17(13)18(23)20-16-11-10-15(21-22-16)19-12-6-3-4-7-12/h5,8-12H,3-4,6-7H2,1-2H3,(H,19,21)(H,20,22,23). The number of hydrogen-bond acceptors (Lipinski definition) is 6. The van der Waals surface area contributed by atoms with E-state index in [1.54, 1.807) is 24.3 Å². The maximum atomic E-state index is 12.6. The molecule has 0 spiro atoms. The number of aromatic nitrogens is 2. The second-order valence-electron chi connectivity index (χ2n) is 5.92. The third-order valence-corrected chi connectivity index (χ3v) is 4.27. The Bertz CT molecular complexity index is 705. The number of rotatable bonds is 6. The predicted octanol–water partition coefficient (Wildman–Crippen LogP) is 3.10. The molecule has 0 saturated heterocycles. The second-order valence-corrected chi connectivity index (χ2v) is 5.92. The van der Waals surface area contributed by atoms with Gasteiger partial charge in [0.15, 0.2) is 5.82 Å². The minimum Gasteiger partial charge on any atom is -0.496 e. The zero-order chi connectivity index (χ0) is 17.6. The number of hydrogen-bond donors (Lipinski definition) is 2. The van der Waals surface area contributed by atoms with Gasteiger partial charge in [-0.05, 0) is 37.1 Å². The molecule has 0 atom stereocenters. The lowest BCUT2D eigenvalue weighted by Gasteiger charge is -2.13. The number of nitrogens with one attached hydrogen (secondary N) is 2. The summed E-state index contributed by atoms with van der Waals surface area (Å²) in [5.41, 5.74) is 0.322. The molecule has 1 amide bonds. The number of benzene rings is 1. The minimum atomic E-state index is -0.361. The van der Waals surface area contributed by atoms with Crippen molar-refractivity contribution in [2.24, 2.45) is 0 Å². The lowest BCUT2D eigenvalue weighted by molar-refractivity contribution is 0.102. The van der Waals surface area contributed by atoms with Crippen LogP contribution < -0.4 is 20.1 Å². The van der Waals surface area contributed by atoms with Crippen molar-refractivity contribution in [1.82, 2.24) is 10.2 Å². The van der Waals surface area contributed by atoms with Crippen molar-refractivity contribution < 1.29 is 14.3 Å². The molecule has 1 saturated carbocycles. The van der Waals surface area contributed by atoms with Crippen LogP contribution >= 0.6 is 0 Å². The first kappa shape index (κ1) is 17.0. The molecule has 132 valence electrons. The van der Waals surface area contributed by atoms with Crippen LogP contribution in [0.4, 0.5) is 11.6 Å². The zero-order valence-corrected chi connectivity index (χ0v) is 14.4. The molecular formula is C18H22N4O3. The van der Waals surface area contributed by atoms with Crippen molar-refractivity contribution in [1.29, 1.82) is 0 Å². The molecule has 7 heteroatoms. The van der Waals surface area contributed by atoms with Crippen LogP contribution in [-0.2, 0) is 0 Å². The summed E-state index contributed by atoms with van der Waals surface area (Å²) in [6.45, 7) is 0. The van der Waals surface area contributed by atoms with Crippen LogP contribution in [0.25, 0.3) is 0 Å². The molecule has 0 unspecified atom stereocenters. The van der Waals surface area contributed by atoms with Crippen LogP contribution in [-0.4, -0.2) is 36.4 Å². The topological polar surface area (TPSA) is 85.4 Å². The first-order valence-corrected chi connectivity index (χ1v) is 8.34. The van der Waals surface area contributed by atoms with Crippen LogP contribution in [0.15, 0.2) is 30.3 Å². The fourth-order valence-electron chi connectivity index (χ4n) is 3.01. The first-order chi connectivity index (χ1) is 12.2. The quantitative estimate of drug-likeness (QED) is 0.839. The van der Waals surface area contributed by atoms with Crippen molar-refractivity contribution in [2.75, 3.05) is 24.9 Å². The number of anilines is 2. The Kier molecular flexibility index (Phi) is 5.33. The van der Waals surface area contributed by atoms with E-state index in [0.717, 1.165) is 18.7 Å². The van der Waals surface area contributed by atoms with Gasteiger partial charge in [0.1, 0.15) is 22.9 Å². The number of carbonyl (C=O) groups is 1. The van der Waals surface area contributed by atoms with Gasteiger partial charge in [0.25, 0.3) is 5.91 Å². The SMILES string of the molecule is COc1cccc(OC)c1C(=O)Nc1ccc(NC2CCCC2)nn1. The average Bonchev–Trinajstić information content (AvgIpc) is 3.15. The number of nitrogens with zero attached hydrogens (tertiary/aromatic N) is 2. The normalized spacial score (nSPS) is 14.2. The Morgan fingerprint density at radius 1 is 1.00 bits per heavy atom. The van der Waals surface area contributed by atoms with E-state index in [0.29, 0.717) is 28.9 Å². The number of amides is 1. The van der Waals surface area contributed by atoms with Crippen molar-refractivity contribution in [3.05, 3.63) is 35.9 Å². The van der Waals surface area contributed by atoms with E-state index in [-0.39, 0.29) is 5.91 Å². The summed E-state index contributed by atoms with van der Waals surface area (Å²) in [5.74, 6) is 1.60. The maximum absolute atomic E-state index is 12.6. The molecule has 2 N–H and O–H groups in total. The van der Waals surface area contributed by atoms with Crippen LogP contribution in [0, 0.1) is 0 Å². The summed E-state index contributed by atoms with van der Waals surface area (Å²) in [6.07, 6.45) is 4.82. The van der Waals surface area contributed by atoms with Gasteiger partial charge in [-0.25, -0.2) is 0 Å². The summed E-state index contributed by atoms with van der Waals surface area (Å²) in [4.78, 5) is 12.6. The van der Waals surface area contributed by atoms with E-state index >= 15 is 0 Å². The highest BCUT2D eigenvalue weighted by Gasteiger charge is 2.19. The molecule has 3 rings (SSSR count). The minimum absolute atomic E-state index is 0.322. The molecular weight excluding hydrogens is 320 g/mol. The fraction of sp³-hybridized carbons (Fsp3) is 0.389. The molecule has 2 aromatic rings. The molecule has 0 radical (unpaired) electrons. The summed E-state index contributed by atoms with van der Waals surface area (Å²) in [7, 11) is 3.02. The third-order valence-electron chi connectivity index (χ3n) is 4.27. The third kappa shape index (κ3) is 3.99. The van der Waals surface area contributed by atoms with E-state index < -0.39 is 0 Å². The monoisotopic (exact) mass is 342 g/mol. The van der Waals surface area contributed by atoms with Gasteiger partial charge < -0.3 is 20.1 Å². The van der Waals surface area contributed by atoms with Gasteiger partial charge in [0, 0.05) is 6.04 Å². The van der Waals surface area contributed by atoms with Crippen molar-refractivity contribution in [3.63, 3.8) is 0 Å². The largest absolute Gasteiger partial charge is 0.496 e. The highest BCUT2D eigenvalue weighted by Crippen LogP contribution is 2.29. The second kappa shape index (κ2) is 7.83. The molecule has 0 bridgehead atoms. The van der Waals surface area contributed by atoms with Gasteiger partial charge >= 0.3 is 0 Å². The summed E-state index contributed by atoms with van der Waals surface area (Å²) >= 11 is 0. The highest BCUT2D eigenvalue weighted by molar-refractivity contribution is 6.07. The van der Waals surface area contributed by atoms with Crippen LogP contribution in [0.2, 0.25) is 0 Å². The molecule has 1 aromatic carbocycles. The Morgan fingerprint density at radius 2 is 1.60 bits per heavy atom. The average molecular weight is 342 g/mol. The molecule has 7 nitrogen and oxygen atoms in total. The van der Waals surface area contributed by atoms with Crippen molar-refractivity contribution in [2.45, 2.75) is 31.7 Å². The maximum Gasteiger partial charge on any atom is 0.264 e. The molecule has 1 aliphatic carbocycles. The van der Waals surface area contributed by atoms with Crippen LogP contribution in [0.3, 0.4) is 0 Å². The van der Waals surface area contributed by atoms with E-state index in [1.165, 1.54) is 27.1 Å². The lowest BCUT2D eigenvalue weighted by Crippen LogP contribution is -2.18. The first-order valence-electron chi connectivity index (χ1n) is 8.34. The van der Waals surface area contributed by atoms with E-state index in [2.05, 4.69) is 20.8 Å². The summed E-state index contributed by atoms with van der Waals surface area (Å²) in [5, 5.41) is 14.3. The summed E-state index contributed by atoms with van der Waals surface area (Å²) in [6, 6.07) is 9.19. The Labute approximate surface area is 146 Å². The van der Waals surface area contributed by atoms with Gasteiger partial charge in [-0.3, -0.25) is 4.79 Å². The van der Waals surface area contributed by atoms with Gasteiger partial charge in [-0.1, -0.05) is 18.9 Å². The lowest BCUT2D eigenvalue weighted by atomic mass is 10.1. The smallest absolute Gasteiger partial charge is 0.264 e. The van der Waals surface area contributed by atoms with E-state index in [1.807, 2.05) is 6.07 Å². The molecule has 1 aliphatic rings. The zero-order valence-electron chi connectivity index (χ0n) is 14.4. The molecule has 1 fully saturated rings. The van der Waals surface area contributed by atoms with Gasteiger partial charge in [0.05, 0.1) is 14.2 Å². The molecule has 1 aromatic heterocycles. The number of carbonyl (C=O) groups excluding carboxylic acids is 1. The number of ether oxygens (including phenoxy) is 2. The Balaban J connectivity index is 1.71. The Hall–Kier alpha value is -2.83. The molecule has 1 heterocycles. The van der Waals surface area contributed by atoms with Crippen molar-refractivity contribution in [3.8, 4) is 11.5 Å². The predicted molar refractivity (Wildman–Crippen MR) is 95.4 cm³/mol. The number of methoxy groups -OCH3 is 2. The van der Waals surface area contributed by atoms with Crippen LogP contribution in [0.5, 0.6) is 11.5 Å². The summed E-state index contributed by atoms with van der Waals surface area (Å²) < 4.78 is 10.5. The van der Waals surface area contributed by atoms with Crippen LogP contribution in [0.1, 0.15) is 36.0 Å². The highest BCUT2D eigenvalue weighted by atomic mass is 16.5. The molecule has 25 heavy (non-hydrogen) atoms. The van der Waals surface area contributed by atoms with E-state index in [9.17, 15) is 4.79 Å². The van der Waals surface area contributed by atoms with Gasteiger partial charge in [0.2, 0.25) is 0 Å².